The molecule has 0 aliphatic carbocycles. The van der Waals surface area contributed by atoms with Gasteiger partial charge in [0.2, 0.25) is 0 Å². The minimum absolute atomic E-state index is 0.612. The van der Waals surface area contributed by atoms with Crippen LogP contribution in [-0.2, 0) is 4.79 Å². The first kappa shape index (κ1) is 9.98. The summed E-state index contributed by atoms with van der Waals surface area (Å²) in [4.78, 5) is 14.4. The highest BCUT2D eigenvalue weighted by Crippen LogP contribution is 2.20. The van der Waals surface area contributed by atoms with Crippen molar-refractivity contribution < 1.29 is 9.90 Å². The van der Waals surface area contributed by atoms with Crippen LogP contribution in [-0.4, -0.2) is 22.1 Å². The van der Waals surface area contributed by atoms with Crippen molar-refractivity contribution in [1.29, 1.82) is 0 Å². The molecule has 0 amide bonds. The standard InChI is InChI=1S/C8H9BrN2O2/c1-5(8(12)13)11-7-2-3-10-4-6(7)9/h2-5H,1H3,(H,10,11)(H,12,13)/t5-/m1/s1. The number of aliphatic carboxylic acids is 1. The van der Waals surface area contributed by atoms with E-state index in [1.807, 2.05) is 0 Å². The molecule has 0 spiro atoms. The lowest BCUT2D eigenvalue weighted by Gasteiger charge is -2.11. The highest BCUT2D eigenvalue weighted by molar-refractivity contribution is 9.10. The normalized spacial score (nSPS) is 12.2. The molecule has 0 saturated heterocycles. The van der Waals surface area contributed by atoms with Gasteiger partial charge in [-0.2, -0.15) is 0 Å². The minimum Gasteiger partial charge on any atom is -0.480 e. The molecule has 1 heterocycles. The first-order valence-electron chi connectivity index (χ1n) is 3.70. The fourth-order valence-corrected chi connectivity index (χ4v) is 1.15. The van der Waals surface area contributed by atoms with Crippen LogP contribution in [0.25, 0.3) is 0 Å². The van der Waals surface area contributed by atoms with Gasteiger partial charge in [0.25, 0.3) is 0 Å². The van der Waals surface area contributed by atoms with Gasteiger partial charge in [0, 0.05) is 12.4 Å². The van der Waals surface area contributed by atoms with E-state index in [9.17, 15) is 4.79 Å². The molecule has 4 nitrogen and oxygen atoms in total. The molecule has 0 aromatic carbocycles. The average Bonchev–Trinajstić information content (AvgIpc) is 2.08. The van der Waals surface area contributed by atoms with Crippen LogP contribution >= 0.6 is 15.9 Å². The lowest BCUT2D eigenvalue weighted by molar-refractivity contribution is -0.137. The van der Waals surface area contributed by atoms with E-state index >= 15 is 0 Å². The molecule has 0 saturated carbocycles. The van der Waals surface area contributed by atoms with Crippen molar-refractivity contribution in [2.45, 2.75) is 13.0 Å². The molecule has 1 aromatic rings. The first-order valence-corrected chi connectivity index (χ1v) is 4.49. The van der Waals surface area contributed by atoms with Gasteiger partial charge in [-0.05, 0) is 28.9 Å². The number of carboxylic acids is 1. The molecule has 70 valence electrons. The van der Waals surface area contributed by atoms with Gasteiger partial charge in [0.15, 0.2) is 0 Å². The Hall–Kier alpha value is -1.10. The zero-order chi connectivity index (χ0) is 9.84. The number of hydrogen-bond acceptors (Lipinski definition) is 3. The van der Waals surface area contributed by atoms with Crippen molar-refractivity contribution in [2.75, 3.05) is 5.32 Å². The number of carbonyl (C=O) groups is 1. The van der Waals surface area contributed by atoms with Crippen LogP contribution in [0.15, 0.2) is 22.9 Å². The van der Waals surface area contributed by atoms with E-state index < -0.39 is 12.0 Å². The summed E-state index contributed by atoms with van der Waals surface area (Å²) >= 11 is 3.26. The van der Waals surface area contributed by atoms with Gasteiger partial charge in [0.05, 0.1) is 10.2 Å². The molecule has 0 unspecified atom stereocenters. The number of halogens is 1. The smallest absolute Gasteiger partial charge is 0.325 e. The molecule has 0 fully saturated rings. The topological polar surface area (TPSA) is 62.2 Å². The molecular weight excluding hydrogens is 236 g/mol. The quantitative estimate of drug-likeness (QED) is 0.851. The SMILES string of the molecule is C[C@@H](Nc1ccncc1Br)C(=O)O. The van der Waals surface area contributed by atoms with E-state index in [4.69, 9.17) is 5.11 Å². The largest absolute Gasteiger partial charge is 0.480 e. The summed E-state index contributed by atoms with van der Waals surface area (Å²) in [6, 6.07) is 1.10. The maximum Gasteiger partial charge on any atom is 0.325 e. The summed E-state index contributed by atoms with van der Waals surface area (Å²) in [5.41, 5.74) is 0.727. The first-order chi connectivity index (χ1) is 6.11. The van der Waals surface area contributed by atoms with Crippen LogP contribution < -0.4 is 5.32 Å². The van der Waals surface area contributed by atoms with Crippen LogP contribution in [0.3, 0.4) is 0 Å². The van der Waals surface area contributed by atoms with Crippen LogP contribution in [0.1, 0.15) is 6.92 Å². The Kier molecular flexibility index (Phi) is 3.25. The molecule has 1 aromatic heterocycles. The molecule has 0 bridgehead atoms. The van der Waals surface area contributed by atoms with E-state index in [-0.39, 0.29) is 0 Å². The van der Waals surface area contributed by atoms with Gasteiger partial charge < -0.3 is 10.4 Å². The van der Waals surface area contributed by atoms with E-state index in [0.29, 0.717) is 0 Å². The van der Waals surface area contributed by atoms with Gasteiger partial charge in [-0.1, -0.05) is 0 Å². The van der Waals surface area contributed by atoms with E-state index in [1.165, 1.54) is 0 Å². The van der Waals surface area contributed by atoms with Crippen LogP contribution in [0.5, 0.6) is 0 Å². The Morgan fingerprint density at radius 1 is 1.77 bits per heavy atom. The molecule has 1 rings (SSSR count). The number of rotatable bonds is 3. The minimum atomic E-state index is -0.885. The molecule has 2 N–H and O–H groups in total. The van der Waals surface area contributed by atoms with Crippen molar-refractivity contribution in [1.82, 2.24) is 4.98 Å². The molecule has 5 heteroatoms. The Balaban J connectivity index is 2.74. The van der Waals surface area contributed by atoms with Gasteiger partial charge in [-0.25, -0.2) is 0 Å². The zero-order valence-electron chi connectivity index (χ0n) is 6.99. The lowest BCUT2D eigenvalue weighted by Crippen LogP contribution is -2.25. The predicted molar refractivity (Wildman–Crippen MR) is 52.7 cm³/mol. The molecular formula is C8H9BrN2O2. The number of nitrogens with one attached hydrogen (secondary N) is 1. The number of pyridine rings is 1. The van der Waals surface area contributed by atoms with Crippen molar-refractivity contribution in [3.8, 4) is 0 Å². The van der Waals surface area contributed by atoms with E-state index in [2.05, 4.69) is 26.2 Å². The predicted octanol–water partition coefficient (Wildman–Crippen LogP) is 1.73. The Bertz CT molecular complexity index is 317. The van der Waals surface area contributed by atoms with Crippen molar-refractivity contribution in [3.05, 3.63) is 22.9 Å². The zero-order valence-corrected chi connectivity index (χ0v) is 8.58. The Labute approximate surface area is 84.1 Å². The molecule has 13 heavy (non-hydrogen) atoms. The average molecular weight is 245 g/mol. The van der Waals surface area contributed by atoms with Crippen molar-refractivity contribution >= 4 is 27.6 Å². The van der Waals surface area contributed by atoms with Gasteiger partial charge >= 0.3 is 5.97 Å². The number of carboxylic acid groups (broad SMARTS) is 1. The van der Waals surface area contributed by atoms with Crippen molar-refractivity contribution in [2.24, 2.45) is 0 Å². The maximum absolute atomic E-state index is 10.5. The summed E-state index contributed by atoms with van der Waals surface area (Å²) in [6.45, 7) is 1.58. The summed E-state index contributed by atoms with van der Waals surface area (Å²) in [6.07, 6.45) is 3.21. The molecule has 0 radical (unpaired) electrons. The van der Waals surface area contributed by atoms with Crippen LogP contribution in [0.4, 0.5) is 5.69 Å². The summed E-state index contributed by atoms with van der Waals surface area (Å²) < 4.78 is 0.753. The third kappa shape index (κ3) is 2.69. The molecule has 0 aliphatic rings. The van der Waals surface area contributed by atoms with Gasteiger partial charge in [0.1, 0.15) is 6.04 Å². The van der Waals surface area contributed by atoms with E-state index in [0.717, 1.165) is 10.2 Å². The monoisotopic (exact) mass is 244 g/mol. The number of hydrogen-bond donors (Lipinski definition) is 2. The fourth-order valence-electron chi connectivity index (χ4n) is 0.787. The summed E-state index contributed by atoms with van der Waals surface area (Å²) in [5.74, 6) is -0.885. The van der Waals surface area contributed by atoms with E-state index in [1.54, 1.807) is 25.4 Å². The second-order valence-corrected chi connectivity index (χ2v) is 3.41. The van der Waals surface area contributed by atoms with Crippen molar-refractivity contribution in [3.63, 3.8) is 0 Å². The number of aromatic nitrogens is 1. The summed E-state index contributed by atoms with van der Waals surface area (Å²) in [5, 5.41) is 11.5. The fraction of sp³-hybridized carbons (Fsp3) is 0.250. The Morgan fingerprint density at radius 3 is 3.00 bits per heavy atom. The molecule has 0 aliphatic heterocycles. The second kappa shape index (κ2) is 4.23. The number of nitrogens with zero attached hydrogens (tertiary/aromatic N) is 1. The highest BCUT2D eigenvalue weighted by Gasteiger charge is 2.11. The third-order valence-corrected chi connectivity index (χ3v) is 2.15. The van der Waals surface area contributed by atoms with Gasteiger partial charge in [-0.3, -0.25) is 9.78 Å². The Morgan fingerprint density at radius 2 is 2.46 bits per heavy atom. The lowest BCUT2D eigenvalue weighted by atomic mass is 10.3. The van der Waals surface area contributed by atoms with Gasteiger partial charge in [-0.15, -0.1) is 0 Å². The molecule has 1 atom stereocenters. The van der Waals surface area contributed by atoms with Crippen LogP contribution in [0.2, 0.25) is 0 Å². The third-order valence-electron chi connectivity index (χ3n) is 1.51. The maximum atomic E-state index is 10.5. The second-order valence-electron chi connectivity index (χ2n) is 2.56. The highest BCUT2D eigenvalue weighted by atomic mass is 79.9. The van der Waals surface area contributed by atoms with Crippen LogP contribution in [0, 0.1) is 0 Å². The number of anilines is 1. The summed E-state index contributed by atoms with van der Waals surface area (Å²) in [7, 11) is 0.